The summed E-state index contributed by atoms with van der Waals surface area (Å²) in [5.41, 5.74) is 11.1. The summed E-state index contributed by atoms with van der Waals surface area (Å²) in [7, 11) is 1.96. The zero-order chi connectivity index (χ0) is 10.6. The van der Waals surface area contributed by atoms with Crippen molar-refractivity contribution in [2.24, 2.45) is 11.5 Å². The van der Waals surface area contributed by atoms with Gasteiger partial charge in [-0.25, -0.2) is 0 Å². The molecule has 1 atom stereocenters. The van der Waals surface area contributed by atoms with Gasteiger partial charge in [-0.2, -0.15) is 0 Å². The van der Waals surface area contributed by atoms with Crippen molar-refractivity contribution in [2.45, 2.75) is 12.5 Å². The average molecular weight is 217 g/mol. The molecule has 1 aliphatic heterocycles. The minimum Gasteiger partial charge on any atom is -0.389 e. The Morgan fingerprint density at radius 1 is 1.50 bits per heavy atom. The molecule has 0 radical (unpaired) electrons. The monoisotopic (exact) mass is 216 g/mol. The third-order valence-corrected chi connectivity index (χ3v) is 2.50. The number of rotatable bonds is 3. The first kappa shape index (κ1) is 11.2. The molecule has 1 heterocycles. The molecule has 1 unspecified atom stereocenters. The predicted molar refractivity (Wildman–Crippen MR) is 59.4 cm³/mol. The zero-order valence-electron chi connectivity index (χ0n) is 8.33. The van der Waals surface area contributed by atoms with Crippen LogP contribution in [-0.2, 0) is 0 Å². The van der Waals surface area contributed by atoms with Gasteiger partial charge in [-0.05, 0) is 25.6 Å². The van der Waals surface area contributed by atoms with E-state index in [-0.39, 0.29) is 5.16 Å². The van der Waals surface area contributed by atoms with Gasteiger partial charge >= 0.3 is 0 Å². The molecule has 0 aromatic heterocycles. The fraction of sp³-hybridized carbons (Fsp3) is 0.556. The maximum Gasteiger partial charge on any atom is 0.0993 e. The van der Waals surface area contributed by atoms with Crippen LogP contribution in [0.15, 0.2) is 23.1 Å². The number of hydrogen-bond donors (Lipinski definition) is 3. The molecule has 0 aromatic carbocycles. The van der Waals surface area contributed by atoms with Gasteiger partial charge in [0.05, 0.1) is 11.0 Å². The zero-order valence-corrected chi connectivity index (χ0v) is 9.09. The van der Waals surface area contributed by atoms with Crippen LogP contribution in [-0.4, -0.2) is 31.1 Å². The number of likely N-dealkylation sites (N-methyl/N-ethyl adjacent to an activating group) is 1. The SMILES string of the molecule is CNC1CCN(/C(N)=C/C=C(\N)Cl)C1. The van der Waals surface area contributed by atoms with Crippen molar-refractivity contribution in [2.75, 3.05) is 20.1 Å². The molecule has 5 heteroatoms. The van der Waals surface area contributed by atoms with Gasteiger partial charge < -0.3 is 21.7 Å². The molecule has 1 fully saturated rings. The Labute approximate surface area is 89.6 Å². The van der Waals surface area contributed by atoms with Crippen LogP contribution < -0.4 is 16.8 Å². The topological polar surface area (TPSA) is 67.3 Å². The highest BCUT2D eigenvalue weighted by Gasteiger charge is 2.20. The number of hydrogen-bond acceptors (Lipinski definition) is 4. The molecular weight excluding hydrogens is 200 g/mol. The highest BCUT2D eigenvalue weighted by molar-refractivity contribution is 6.29. The lowest BCUT2D eigenvalue weighted by molar-refractivity contribution is 0.407. The number of allylic oxidation sites excluding steroid dienone is 2. The molecule has 0 saturated carbocycles. The quantitative estimate of drug-likeness (QED) is 0.463. The van der Waals surface area contributed by atoms with Crippen molar-refractivity contribution >= 4 is 11.6 Å². The van der Waals surface area contributed by atoms with Crippen LogP contribution in [0.4, 0.5) is 0 Å². The molecule has 0 bridgehead atoms. The molecule has 0 amide bonds. The van der Waals surface area contributed by atoms with Gasteiger partial charge in [0.25, 0.3) is 0 Å². The molecule has 4 nitrogen and oxygen atoms in total. The first-order valence-corrected chi connectivity index (χ1v) is 5.02. The van der Waals surface area contributed by atoms with Gasteiger partial charge in [0.15, 0.2) is 0 Å². The lowest BCUT2D eigenvalue weighted by atomic mass is 10.3. The molecule has 14 heavy (non-hydrogen) atoms. The second-order valence-corrected chi connectivity index (χ2v) is 3.80. The van der Waals surface area contributed by atoms with Crippen LogP contribution in [0.1, 0.15) is 6.42 Å². The molecule has 80 valence electrons. The Bertz CT molecular complexity index is 245. The Kier molecular flexibility index (Phi) is 4.10. The summed E-state index contributed by atoms with van der Waals surface area (Å²) in [4.78, 5) is 2.11. The summed E-state index contributed by atoms with van der Waals surface area (Å²) in [6.07, 6.45) is 4.45. The minimum atomic E-state index is 0.248. The lowest BCUT2D eigenvalue weighted by Crippen LogP contribution is -2.31. The third kappa shape index (κ3) is 3.12. The van der Waals surface area contributed by atoms with Crippen molar-refractivity contribution in [3.05, 3.63) is 23.1 Å². The van der Waals surface area contributed by atoms with Gasteiger partial charge in [0.2, 0.25) is 0 Å². The van der Waals surface area contributed by atoms with Gasteiger partial charge in [-0.3, -0.25) is 0 Å². The summed E-state index contributed by atoms with van der Waals surface area (Å²) >= 11 is 5.49. The van der Waals surface area contributed by atoms with E-state index in [1.807, 2.05) is 7.05 Å². The van der Waals surface area contributed by atoms with Crippen LogP contribution in [0.25, 0.3) is 0 Å². The van der Waals surface area contributed by atoms with E-state index < -0.39 is 0 Å². The molecule has 0 aliphatic carbocycles. The van der Waals surface area contributed by atoms with E-state index >= 15 is 0 Å². The van der Waals surface area contributed by atoms with E-state index in [4.69, 9.17) is 23.1 Å². The van der Waals surface area contributed by atoms with Crippen LogP contribution in [0.3, 0.4) is 0 Å². The number of halogens is 1. The normalized spacial score (nSPS) is 24.4. The molecule has 0 spiro atoms. The summed E-state index contributed by atoms with van der Waals surface area (Å²) in [6, 6.07) is 0.527. The summed E-state index contributed by atoms with van der Waals surface area (Å²) in [6.45, 7) is 1.92. The first-order chi connectivity index (χ1) is 6.63. The molecule has 1 aliphatic rings. The molecule has 0 aromatic rings. The Morgan fingerprint density at radius 2 is 2.21 bits per heavy atom. The van der Waals surface area contributed by atoms with Crippen molar-refractivity contribution in [3.8, 4) is 0 Å². The molecule has 1 rings (SSSR count). The van der Waals surface area contributed by atoms with Crippen LogP contribution in [0, 0.1) is 0 Å². The van der Waals surface area contributed by atoms with E-state index in [0.29, 0.717) is 11.9 Å². The van der Waals surface area contributed by atoms with Crippen molar-refractivity contribution < 1.29 is 0 Å². The lowest BCUT2D eigenvalue weighted by Gasteiger charge is -2.18. The number of nitrogens with two attached hydrogens (primary N) is 2. The smallest absolute Gasteiger partial charge is 0.0993 e. The van der Waals surface area contributed by atoms with E-state index in [0.717, 1.165) is 19.5 Å². The fourth-order valence-corrected chi connectivity index (χ4v) is 1.56. The molecule has 1 saturated heterocycles. The van der Waals surface area contributed by atoms with Crippen LogP contribution in [0.5, 0.6) is 0 Å². The number of likely N-dealkylation sites (tertiary alicyclic amines) is 1. The Hall–Kier alpha value is -0.870. The van der Waals surface area contributed by atoms with Gasteiger partial charge in [-0.1, -0.05) is 11.6 Å². The standard InChI is InChI=1S/C9H17ClN4/c1-13-7-4-5-14(6-7)9(12)3-2-8(10)11/h2-3,7,13H,4-6,11-12H2,1H3/b8-2-,9-3+. The maximum absolute atomic E-state index is 5.84. The largest absolute Gasteiger partial charge is 0.389 e. The maximum atomic E-state index is 5.84. The van der Waals surface area contributed by atoms with Gasteiger partial charge in [0.1, 0.15) is 0 Å². The second-order valence-electron chi connectivity index (χ2n) is 3.36. The average Bonchev–Trinajstić information content (AvgIpc) is 2.62. The van der Waals surface area contributed by atoms with E-state index in [1.54, 1.807) is 12.2 Å². The fourth-order valence-electron chi connectivity index (χ4n) is 1.50. The summed E-state index contributed by atoms with van der Waals surface area (Å²) < 4.78 is 0. The number of nitrogens with zero attached hydrogens (tertiary/aromatic N) is 1. The number of nitrogens with one attached hydrogen (secondary N) is 1. The summed E-state index contributed by atoms with van der Waals surface area (Å²) in [5, 5.41) is 3.47. The molecular formula is C9H17ClN4. The highest BCUT2D eigenvalue weighted by Crippen LogP contribution is 2.12. The van der Waals surface area contributed by atoms with E-state index in [9.17, 15) is 0 Å². The summed E-state index contributed by atoms with van der Waals surface area (Å²) in [5.74, 6) is 0.714. The highest BCUT2D eigenvalue weighted by atomic mass is 35.5. The Balaban J connectivity index is 2.50. The van der Waals surface area contributed by atoms with E-state index in [2.05, 4.69) is 10.2 Å². The van der Waals surface area contributed by atoms with Crippen LogP contribution >= 0.6 is 11.6 Å². The second kappa shape index (κ2) is 5.12. The van der Waals surface area contributed by atoms with Gasteiger partial charge in [-0.15, -0.1) is 0 Å². The van der Waals surface area contributed by atoms with Crippen LogP contribution in [0.2, 0.25) is 0 Å². The van der Waals surface area contributed by atoms with Crippen molar-refractivity contribution in [3.63, 3.8) is 0 Å². The minimum absolute atomic E-state index is 0.248. The van der Waals surface area contributed by atoms with Crippen molar-refractivity contribution in [1.29, 1.82) is 0 Å². The molecule has 5 N–H and O–H groups in total. The van der Waals surface area contributed by atoms with Crippen molar-refractivity contribution in [1.82, 2.24) is 10.2 Å². The van der Waals surface area contributed by atoms with Gasteiger partial charge in [0, 0.05) is 19.1 Å². The third-order valence-electron chi connectivity index (χ3n) is 2.37. The van der Waals surface area contributed by atoms with E-state index in [1.165, 1.54) is 0 Å². The Morgan fingerprint density at radius 3 is 2.71 bits per heavy atom. The predicted octanol–water partition coefficient (Wildman–Crippen LogP) is 0.119. The first-order valence-electron chi connectivity index (χ1n) is 4.64.